The van der Waals surface area contributed by atoms with E-state index in [1.54, 1.807) is 0 Å². The summed E-state index contributed by atoms with van der Waals surface area (Å²) in [5, 5.41) is 0. The molecule has 0 aromatic heterocycles. The first-order valence-electron chi connectivity index (χ1n) is 7.33. The third kappa shape index (κ3) is 2.00. The van der Waals surface area contributed by atoms with E-state index in [4.69, 9.17) is 0 Å². The second-order valence-electron chi connectivity index (χ2n) is 6.28. The van der Waals surface area contributed by atoms with Crippen LogP contribution in [0.1, 0.15) is 61.8 Å². The van der Waals surface area contributed by atoms with Crippen LogP contribution in [0.5, 0.6) is 0 Å². The first-order valence-corrected chi connectivity index (χ1v) is 7.33. The predicted octanol–water partition coefficient (Wildman–Crippen LogP) is 5.50. The summed E-state index contributed by atoms with van der Waals surface area (Å²) in [4.78, 5) is 0. The molecule has 2 aromatic carbocycles. The molecule has 0 spiro atoms. The van der Waals surface area contributed by atoms with Gasteiger partial charge in [-0.05, 0) is 51.6 Å². The topological polar surface area (TPSA) is 0 Å². The van der Waals surface area contributed by atoms with Crippen molar-refractivity contribution in [3.63, 3.8) is 0 Å². The van der Waals surface area contributed by atoms with Crippen molar-refractivity contribution in [3.05, 3.63) is 58.7 Å². The Balaban J connectivity index is 2.21. The first-order chi connectivity index (χ1) is 9.08. The number of hydrogen-bond donors (Lipinski definition) is 0. The molecule has 0 saturated heterocycles. The highest BCUT2D eigenvalue weighted by molar-refractivity contribution is 5.78. The van der Waals surface area contributed by atoms with Crippen molar-refractivity contribution in [1.29, 1.82) is 0 Å². The van der Waals surface area contributed by atoms with Gasteiger partial charge in [-0.15, -0.1) is 0 Å². The summed E-state index contributed by atoms with van der Waals surface area (Å²) in [6, 6.07) is 13.7. The average Bonchev–Trinajstić information content (AvgIpc) is 2.74. The number of rotatable bonds is 2. The third-order valence-electron chi connectivity index (χ3n) is 4.24. The number of fused-ring (bicyclic) bond motifs is 3. The lowest BCUT2D eigenvalue weighted by atomic mass is 9.87. The molecule has 0 nitrogen and oxygen atoms in total. The highest BCUT2D eigenvalue weighted by Gasteiger charge is 2.21. The van der Waals surface area contributed by atoms with Gasteiger partial charge in [0, 0.05) is 0 Å². The molecule has 0 radical (unpaired) electrons. The van der Waals surface area contributed by atoms with E-state index in [0.29, 0.717) is 11.8 Å². The van der Waals surface area contributed by atoms with Crippen LogP contribution in [0.15, 0.2) is 36.4 Å². The van der Waals surface area contributed by atoms with E-state index in [0.717, 1.165) is 6.42 Å². The molecule has 19 heavy (non-hydrogen) atoms. The minimum absolute atomic E-state index is 0.593. The van der Waals surface area contributed by atoms with Crippen molar-refractivity contribution in [1.82, 2.24) is 0 Å². The maximum atomic E-state index is 2.45. The Kier molecular flexibility index (Phi) is 2.97. The van der Waals surface area contributed by atoms with Crippen LogP contribution in [-0.2, 0) is 6.42 Å². The molecular formula is C19H22. The second kappa shape index (κ2) is 4.52. The quantitative estimate of drug-likeness (QED) is 0.563. The average molecular weight is 250 g/mol. The van der Waals surface area contributed by atoms with E-state index in [1.807, 2.05) is 0 Å². The fourth-order valence-electron chi connectivity index (χ4n) is 3.22. The van der Waals surface area contributed by atoms with Crippen molar-refractivity contribution < 1.29 is 0 Å². The molecular weight excluding hydrogens is 228 g/mol. The number of hydrogen-bond acceptors (Lipinski definition) is 0. The Morgan fingerprint density at radius 3 is 2.05 bits per heavy atom. The standard InChI is InChI=1S/C19H22/c1-12(2)17-10-15-9-14-7-5-6-8-16(14)19(15)11-18(17)13(3)4/h5-8,10-13H,9H2,1-4H3. The minimum atomic E-state index is 0.593. The van der Waals surface area contributed by atoms with Gasteiger partial charge in [0.1, 0.15) is 0 Å². The minimum Gasteiger partial charge on any atom is -0.0619 e. The molecule has 1 aliphatic rings. The SMILES string of the molecule is CC(C)c1cc2c(cc1C(C)C)-c1ccccc1C2. The van der Waals surface area contributed by atoms with Gasteiger partial charge in [-0.1, -0.05) is 64.1 Å². The number of benzene rings is 2. The van der Waals surface area contributed by atoms with Gasteiger partial charge >= 0.3 is 0 Å². The Bertz CT molecular complexity index is 618. The Morgan fingerprint density at radius 1 is 0.737 bits per heavy atom. The molecule has 3 rings (SSSR count). The summed E-state index contributed by atoms with van der Waals surface area (Å²) in [6.07, 6.45) is 1.10. The molecule has 2 aromatic rings. The lowest BCUT2D eigenvalue weighted by Crippen LogP contribution is -2.00. The van der Waals surface area contributed by atoms with E-state index >= 15 is 0 Å². The van der Waals surface area contributed by atoms with Crippen LogP contribution in [0, 0.1) is 0 Å². The maximum absolute atomic E-state index is 2.45. The van der Waals surface area contributed by atoms with Gasteiger partial charge in [-0.3, -0.25) is 0 Å². The van der Waals surface area contributed by atoms with Gasteiger partial charge in [0.05, 0.1) is 0 Å². The summed E-state index contributed by atoms with van der Waals surface area (Å²) in [6.45, 7) is 9.20. The van der Waals surface area contributed by atoms with E-state index in [1.165, 1.54) is 33.4 Å². The first kappa shape index (κ1) is 12.5. The van der Waals surface area contributed by atoms with Crippen LogP contribution in [0.3, 0.4) is 0 Å². The molecule has 0 atom stereocenters. The molecule has 0 unspecified atom stereocenters. The van der Waals surface area contributed by atoms with Gasteiger partial charge < -0.3 is 0 Å². The highest BCUT2D eigenvalue weighted by atomic mass is 14.3. The Labute approximate surface area is 116 Å². The fourth-order valence-corrected chi connectivity index (χ4v) is 3.22. The van der Waals surface area contributed by atoms with Crippen LogP contribution < -0.4 is 0 Å². The zero-order valence-corrected chi connectivity index (χ0v) is 12.3. The highest BCUT2D eigenvalue weighted by Crippen LogP contribution is 2.40. The van der Waals surface area contributed by atoms with Gasteiger partial charge in [0.15, 0.2) is 0 Å². The van der Waals surface area contributed by atoms with Crippen LogP contribution in [0.2, 0.25) is 0 Å². The van der Waals surface area contributed by atoms with Crippen molar-refractivity contribution in [2.45, 2.75) is 46.0 Å². The molecule has 0 aliphatic heterocycles. The predicted molar refractivity (Wildman–Crippen MR) is 82.9 cm³/mol. The molecule has 1 aliphatic carbocycles. The van der Waals surface area contributed by atoms with Crippen LogP contribution in [0.4, 0.5) is 0 Å². The normalized spacial score (nSPS) is 12.9. The van der Waals surface area contributed by atoms with Crippen molar-refractivity contribution in [2.75, 3.05) is 0 Å². The van der Waals surface area contributed by atoms with Crippen molar-refractivity contribution >= 4 is 0 Å². The lowest BCUT2D eigenvalue weighted by molar-refractivity contribution is 0.789. The second-order valence-corrected chi connectivity index (χ2v) is 6.28. The van der Waals surface area contributed by atoms with E-state index in [9.17, 15) is 0 Å². The fraction of sp³-hybridized carbons (Fsp3) is 0.368. The molecule has 0 saturated carbocycles. The molecule has 0 heterocycles. The van der Waals surface area contributed by atoms with Crippen LogP contribution >= 0.6 is 0 Å². The van der Waals surface area contributed by atoms with Crippen molar-refractivity contribution in [3.8, 4) is 11.1 Å². The summed E-state index contributed by atoms with van der Waals surface area (Å²) < 4.78 is 0. The smallest absolute Gasteiger partial charge is 0.00133 e. The largest absolute Gasteiger partial charge is 0.0619 e. The van der Waals surface area contributed by atoms with E-state index in [-0.39, 0.29) is 0 Å². The zero-order valence-electron chi connectivity index (χ0n) is 12.3. The van der Waals surface area contributed by atoms with Gasteiger partial charge in [-0.25, -0.2) is 0 Å². The van der Waals surface area contributed by atoms with E-state index in [2.05, 4.69) is 64.1 Å². The summed E-state index contributed by atoms with van der Waals surface area (Å²) in [5.74, 6) is 1.20. The summed E-state index contributed by atoms with van der Waals surface area (Å²) in [7, 11) is 0. The Morgan fingerprint density at radius 2 is 1.37 bits per heavy atom. The van der Waals surface area contributed by atoms with Crippen LogP contribution in [0.25, 0.3) is 11.1 Å². The monoisotopic (exact) mass is 250 g/mol. The van der Waals surface area contributed by atoms with Crippen molar-refractivity contribution in [2.24, 2.45) is 0 Å². The van der Waals surface area contributed by atoms with E-state index < -0.39 is 0 Å². The van der Waals surface area contributed by atoms with Gasteiger partial charge in [0.25, 0.3) is 0 Å². The van der Waals surface area contributed by atoms with Gasteiger partial charge in [0.2, 0.25) is 0 Å². The molecule has 0 N–H and O–H groups in total. The summed E-state index contributed by atoms with van der Waals surface area (Å²) >= 11 is 0. The molecule has 0 fully saturated rings. The maximum Gasteiger partial charge on any atom is -0.00133 e. The summed E-state index contributed by atoms with van der Waals surface area (Å²) in [5.41, 5.74) is 8.94. The molecule has 0 bridgehead atoms. The van der Waals surface area contributed by atoms with Gasteiger partial charge in [-0.2, -0.15) is 0 Å². The Hall–Kier alpha value is -1.56. The third-order valence-corrected chi connectivity index (χ3v) is 4.24. The molecule has 98 valence electrons. The molecule has 0 amide bonds. The molecule has 0 heteroatoms. The lowest BCUT2D eigenvalue weighted by Gasteiger charge is -2.18. The van der Waals surface area contributed by atoms with Crippen LogP contribution in [-0.4, -0.2) is 0 Å². The zero-order chi connectivity index (χ0) is 13.6.